The molecule has 0 amide bonds. The monoisotopic (exact) mass is 399 g/mol. The van der Waals surface area contributed by atoms with Crippen molar-refractivity contribution in [1.82, 2.24) is 4.98 Å². The molecule has 0 spiro atoms. The average Bonchev–Trinajstić information content (AvgIpc) is 3.30. The second-order valence-electron chi connectivity index (χ2n) is 7.72. The quantitative estimate of drug-likeness (QED) is 0.488. The van der Waals surface area contributed by atoms with E-state index < -0.39 is 7.12 Å². The lowest BCUT2D eigenvalue weighted by Gasteiger charge is -2.30. The number of hydrogen-bond acceptors (Lipinski definition) is 4. The van der Waals surface area contributed by atoms with Gasteiger partial charge in [-0.2, -0.15) is 0 Å². The second-order valence-corrected chi connectivity index (χ2v) is 8.75. The van der Waals surface area contributed by atoms with Crippen LogP contribution in [0.25, 0.3) is 31.9 Å². The van der Waals surface area contributed by atoms with E-state index in [0.29, 0.717) is 5.46 Å². The van der Waals surface area contributed by atoms with Crippen molar-refractivity contribution in [3.8, 4) is 21.7 Å². The molecule has 1 aliphatic rings. The van der Waals surface area contributed by atoms with Gasteiger partial charge < -0.3 is 10.0 Å². The van der Waals surface area contributed by atoms with Crippen LogP contribution in [0, 0.1) is 0 Å². The zero-order valence-corrected chi connectivity index (χ0v) is 17.3. The van der Waals surface area contributed by atoms with Crippen molar-refractivity contribution < 1.29 is 10.0 Å². The summed E-state index contributed by atoms with van der Waals surface area (Å²) < 4.78 is 1.20. The Morgan fingerprint density at radius 2 is 1.59 bits per heavy atom. The van der Waals surface area contributed by atoms with Crippen LogP contribution in [-0.4, -0.2) is 22.2 Å². The van der Waals surface area contributed by atoms with Gasteiger partial charge in [0.1, 0.15) is 5.01 Å². The topological polar surface area (TPSA) is 53.4 Å². The van der Waals surface area contributed by atoms with Gasteiger partial charge >= 0.3 is 7.12 Å². The van der Waals surface area contributed by atoms with E-state index in [4.69, 9.17) is 4.98 Å². The summed E-state index contributed by atoms with van der Waals surface area (Å²) >= 11 is 1.72. The Hall–Kier alpha value is -2.47. The molecule has 4 aromatic rings. The smallest absolute Gasteiger partial charge is 0.423 e. The summed E-state index contributed by atoms with van der Waals surface area (Å²) in [5.74, 6) is 0. The molecule has 2 N–H and O–H groups in total. The molecule has 0 bridgehead atoms. The first-order valence-electron chi connectivity index (χ1n) is 10.1. The molecular weight excluding hydrogens is 377 g/mol. The fourth-order valence-corrected chi connectivity index (χ4v) is 5.78. The van der Waals surface area contributed by atoms with Gasteiger partial charge in [0, 0.05) is 11.0 Å². The molecule has 0 fully saturated rings. The number of nitrogens with zero attached hydrogens (tertiary/aromatic N) is 1. The minimum absolute atomic E-state index is 0.123. The molecule has 1 aliphatic carbocycles. The largest absolute Gasteiger partial charge is 0.488 e. The van der Waals surface area contributed by atoms with E-state index in [1.807, 2.05) is 24.3 Å². The first-order valence-corrected chi connectivity index (χ1v) is 10.9. The Balaban J connectivity index is 1.71. The van der Waals surface area contributed by atoms with Crippen LogP contribution in [0.5, 0.6) is 0 Å². The zero-order valence-electron chi connectivity index (χ0n) is 16.5. The van der Waals surface area contributed by atoms with Crippen molar-refractivity contribution in [1.29, 1.82) is 0 Å². The van der Waals surface area contributed by atoms with Gasteiger partial charge in [-0.1, -0.05) is 56.3 Å². The van der Waals surface area contributed by atoms with Crippen LogP contribution in [0.15, 0.2) is 60.7 Å². The highest BCUT2D eigenvalue weighted by Gasteiger charge is 2.41. The Labute approximate surface area is 174 Å². The highest BCUT2D eigenvalue weighted by atomic mass is 32.1. The fraction of sp³-hybridized carbons (Fsp3) is 0.208. The Morgan fingerprint density at radius 1 is 0.897 bits per heavy atom. The third kappa shape index (κ3) is 2.69. The van der Waals surface area contributed by atoms with E-state index >= 15 is 0 Å². The highest BCUT2D eigenvalue weighted by Crippen LogP contribution is 2.53. The minimum Gasteiger partial charge on any atom is -0.423 e. The molecular formula is C24H22BNO2S. The maximum Gasteiger partial charge on any atom is 0.488 e. The summed E-state index contributed by atoms with van der Waals surface area (Å²) in [6, 6.07) is 20.7. The number of para-hydroxylation sites is 1. The molecule has 0 radical (unpaired) electrons. The summed E-state index contributed by atoms with van der Waals surface area (Å²) in [7, 11) is -1.45. The van der Waals surface area contributed by atoms with E-state index in [2.05, 4.69) is 50.2 Å². The SMILES string of the molecule is CCC1(CC)c2cc(B(O)O)ccc2-c2ccc(-c3nc4ccccc4s3)cc21. The van der Waals surface area contributed by atoms with Crippen molar-refractivity contribution in [2.45, 2.75) is 32.1 Å². The molecule has 3 nitrogen and oxygen atoms in total. The maximum atomic E-state index is 9.70. The summed E-state index contributed by atoms with van der Waals surface area (Å²) in [6.45, 7) is 4.43. The number of thiazole rings is 1. The second kappa shape index (κ2) is 6.80. The third-order valence-electron chi connectivity index (χ3n) is 6.43. The van der Waals surface area contributed by atoms with Gasteiger partial charge in [0.05, 0.1) is 10.2 Å². The van der Waals surface area contributed by atoms with Crippen LogP contribution in [0.4, 0.5) is 0 Å². The number of benzene rings is 3. The minimum atomic E-state index is -1.45. The number of rotatable bonds is 4. The van der Waals surface area contributed by atoms with Crippen molar-refractivity contribution >= 4 is 34.1 Å². The Bertz CT molecular complexity index is 1190. The lowest BCUT2D eigenvalue weighted by Crippen LogP contribution is -2.32. The lowest BCUT2D eigenvalue weighted by molar-refractivity contribution is 0.425. The van der Waals surface area contributed by atoms with Crippen LogP contribution in [0.1, 0.15) is 37.8 Å². The van der Waals surface area contributed by atoms with Crippen molar-refractivity contribution in [2.24, 2.45) is 0 Å². The summed E-state index contributed by atoms with van der Waals surface area (Å²) in [5.41, 5.74) is 7.57. The molecule has 5 rings (SSSR count). The summed E-state index contributed by atoms with van der Waals surface area (Å²) in [4.78, 5) is 4.85. The molecule has 29 heavy (non-hydrogen) atoms. The first-order chi connectivity index (χ1) is 14.1. The first kappa shape index (κ1) is 18.6. The molecule has 1 aromatic heterocycles. The average molecular weight is 399 g/mol. The van der Waals surface area contributed by atoms with Gasteiger partial charge in [-0.25, -0.2) is 4.98 Å². The van der Waals surface area contributed by atoms with Crippen molar-refractivity contribution in [2.75, 3.05) is 0 Å². The standard InChI is InChI=1S/C24H22BNO2S/c1-3-24(4-2)19-13-15(23-26-21-7-5-6-8-22(21)29-23)9-11-17(19)18-12-10-16(25(27)28)14-20(18)24/h5-14,27-28H,3-4H2,1-2H3. The molecule has 144 valence electrons. The predicted octanol–water partition coefficient (Wildman–Crippen LogP) is 4.73. The van der Waals surface area contributed by atoms with Gasteiger partial charge in [-0.3, -0.25) is 0 Å². The molecule has 1 heterocycles. The van der Waals surface area contributed by atoms with Gasteiger partial charge in [-0.05, 0) is 58.8 Å². The molecule has 0 atom stereocenters. The van der Waals surface area contributed by atoms with E-state index in [-0.39, 0.29) is 5.41 Å². The van der Waals surface area contributed by atoms with E-state index in [9.17, 15) is 10.0 Å². The third-order valence-corrected chi connectivity index (χ3v) is 7.52. The van der Waals surface area contributed by atoms with E-state index in [1.54, 1.807) is 11.3 Å². The normalized spacial score (nSPS) is 14.1. The number of fused-ring (bicyclic) bond motifs is 4. The summed E-state index contributed by atoms with van der Waals surface area (Å²) in [5, 5.41) is 20.4. The fourth-order valence-electron chi connectivity index (χ4n) is 4.81. The van der Waals surface area contributed by atoms with Crippen LogP contribution in [-0.2, 0) is 5.41 Å². The lowest BCUT2D eigenvalue weighted by atomic mass is 9.71. The van der Waals surface area contributed by atoms with Gasteiger partial charge in [-0.15, -0.1) is 11.3 Å². The van der Waals surface area contributed by atoms with E-state index in [1.165, 1.54) is 27.0 Å². The highest BCUT2D eigenvalue weighted by molar-refractivity contribution is 7.21. The van der Waals surface area contributed by atoms with Crippen molar-refractivity contribution in [3.63, 3.8) is 0 Å². The van der Waals surface area contributed by atoms with Crippen LogP contribution >= 0.6 is 11.3 Å². The molecule has 3 aromatic carbocycles. The molecule has 0 saturated carbocycles. The number of hydrogen-bond donors (Lipinski definition) is 2. The Kier molecular flexibility index (Phi) is 4.35. The molecule has 0 saturated heterocycles. The van der Waals surface area contributed by atoms with Gasteiger partial charge in [0.2, 0.25) is 0 Å². The molecule has 0 aliphatic heterocycles. The van der Waals surface area contributed by atoms with Gasteiger partial charge in [0.25, 0.3) is 0 Å². The van der Waals surface area contributed by atoms with Gasteiger partial charge in [0.15, 0.2) is 0 Å². The van der Waals surface area contributed by atoms with Crippen molar-refractivity contribution in [3.05, 3.63) is 71.8 Å². The van der Waals surface area contributed by atoms with Crippen LogP contribution in [0.3, 0.4) is 0 Å². The summed E-state index contributed by atoms with van der Waals surface area (Å²) in [6.07, 6.45) is 1.91. The number of aromatic nitrogens is 1. The zero-order chi connectivity index (χ0) is 20.2. The van der Waals surface area contributed by atoms with Crippen LogP contribution in [0.2, 0.25) is 0 Å². The van der Waals surface area contributed by atoms with Crippen LogP contribution < -0.4 is 5.46 Å². The van der Waals surface area contributed by atoms with E-state index in [0.717, 1.165) is 28.9 Å². The predicted molar refractivity (Wildman–Crippen MR) is 122 cm³/mol. The maximum absolute atomic E-state index is 9.70. The molecule has 5 heteroatoms. The Morgan fingerprint density at radius 3 is 2.28 bits per heavy atom. The molecule has 0 unspecified atom stereocenters.